The molecular formula is C12H20N4O4. The minimum Gasteiger partial charge on any atom is -0.480 e. The molecule has 1 heterocycles. The number of carbonyl (C=O) groups excluding carboxylic acids is 1. The van der Waals surface area contributed by atoms with E-state index in [4.69, 9.17) is 9.84 Å². The van der Waals surface area contributed by atoms with Crippen LogP contribution in [0.1, 0.15) is 18.5 Å². The lowest BCUT2D eigenvalue weighted by atomic mass is 10.1. The fraction of sp³-hybridized carbons (Fsp3) is 0.583. The highest BCUT2D eigenvalue weighted by Crippen LogP contribution is 1.99. The van der Waals surface area contributed by atoms with Gasteiger partial charge in [-0.1, -0.05) is 0 Å². The zero-order chi connectivity index (χ0) is 15.0. The molecule has 0 saturated heterocycles. The maximum atomic E-state index is 11.6. The van der Waals surface area contributed by atoms with Gasteiger partial charge < -0.3 is 20.5 Å². The fourth-order valence-corrected chi connectivity index (χ4v) is 1.63. The molecule has 1 aromatic heterocycles. The molecule has 1 unspecified atom stereocenters. The van der Waals surface area contributed by atoms with E-state index in [9.17, 15) is 9.59 Å². The van der Waals surface area contributed by atoms with Crippen LogP contribution in [0.15, 0.2) is 12.3 Å². The van der Waals surface area contributed by atoms with Crippen LogP contribution in [0, 0.1) is 0 Å². The Kier molecular flexibility index (Phi) is 6.51. The van der Waals surface area contributed by atoms with E-state index in [1.807, 2.05) is 0 Å². The van der Waals surface area contributed by atoms with E-state index in [-0.39, 0.29) is 6.54 Å². The summed E-state index contributed by atoms with van der Waals surface area (Å²) in [6.45, 7) is 0.706. The standard InChI is InChI=1S/C12H20N4O4/c1-16-6-5-9(15-16)8-13-12(19)14-10(11(17)18)4-3-7-20-2/h5-6,10H,3-4,7-8H2,1-2H3,(H,17,18)(H2,13,14,19). The summed E-state index contributed by atoms with van der Waals surface area (Å²) in [5.41, 5.74) is 0.703. The van der Waals surface area contributed by atoms with Gasteiger partial charge >= 0.3 is 12.0 Å². The number of hydrogen-bond acceptors (Lipinski definition) is 4. The number of urea groups is 1. The van der Waals surface area contributed by atoms with Crippen LogP contribution in [-0.4, -0.2) is 46.6 Å². The third kappa shape index (κ3) is 5.70. The van der Waals surface area contributed by atoms with Crippen LogP contribution in [0.2, 0.25) is 0 Å². The summed E-state index contributed by atoms with van der Waals surface area (Å²) in [6.07, 6.45) is 2.65. The second-order valence-electron chi connectivity index (χ2n) is 4.33. The van der Waals surface area contributed by atoms with Crippen molar-refractivity contribution in [2.75, 3.05) is 13.7 Å². The molecule has 0 bridgehead atoms. The largest absolute Gasteiger partial charge is 0.480 e. The Labute approximate surface area is 117 Å². The predicted octanol–water partition coefficient (Wildman–Crippen LogP) is 0.0991. The van der Waals surface area contributed by atoms with Crippen molar-refractivity contribution in [3.8, 4) is 0 Å². The topological polar surface area (TPSA) is 105 Å². The van der Waals surface area contributed by atoms with Crippen molar-refractivity contribution in [3.63, 3.8) is 0 Å². The average molecular weight is 284 g/mol. The van der Waals surface area contributed by atoms with E-state index < -0.39 is 18.0 Å². The van der Waals surface area contributed by atoms with Crippen molar-refractivity contribution in [2.45, 2.75) is 25.4 Å². The van der Waals surface area contributed by atoms with Gasteiger partial charge in [0.25, 0.3) is 0 Å². The fourth-order valence-electron chi connectivity index (χ4n) is 1.63. The van der Waals surface area contributed by atoms with Gasteiger partial charge in [-0.2, -0.15) is 5.10 Å². The van der Waals surface area contributed by atoms with Gasteiger partial charge in [0.05, 0.1) is 12.2 Å². The molecule has 0 aliphatic carbocycles. The number of hydrogen-bond donors (Lipinski definition) is 3. The minimum absolute atomic E-state index is 0.247. The van der Waals surface area contributed by atoms with Crippen LogP contribution in [0.5, 0.6) is 0 Å². The van der Waals surface area contributed by atoms with E-state index in [2.05, 4.69) is 15.7 Å². The molecule has 3 N–H and O–H groups in total. The highest BCUT2D eigenvalue weighted by Gasteiger charge is 2.19. The van der Waals surface area contributed by atoms with Crippen LogP contribution < -0.4 is 10.6 Å². The van der Waals surface area contributed by atoms with E-state index in [0.717, 1.165) is 0 Å². The summed E-state index contributed by atoms with van der Waals surface area (Å²) in [5.74, 6) is -1.06. The number of carboxylic acids is 1. The number of carboxylic acid groups (broad SMARTS) is 1. The summed E-state index contributed by atoms with van der Waals surface area (Å²) >= 11 is 0. The van der Waals surface area contributed by atoms with Gasteiger partial charge in [-0.05, 0) is 18.9 Å². The molecule has 8 nitrogen and oxygen atoms in total. The summed E-state index contributed by atoms with van der Waals surface area (Å²) < 4.78 is 6.48. The second-order valence-corrected chi connectivity index (χ2v) is 4.33. The van der Waals surface area contributed by atoms with Gasteiger partial charge in [0.15, 0.2) is 0 Å². The Balaban J connectivity index is 2.35. The lowest BCUT2D eigenvalue weighted by Gasteiger charge is -2.14. The molecule has 0 spiro atoms. The van der Waals surface area contributed by atoms with E-state index in [1.165, 1.54) is 0 Å². The van der Waals surface area contributed by atoms with Crippen molar-refractivity contribution >= 4 is 12.0 Å². The highest BCUT2D eigenvalue weighted by molar-refractivity contribution is 5.82. The van der Waals surface area contributed by atoms with Gasteiger partial charge in [-0.15, -0.1) is 0 Å². The Morgan fingerprint density at radius 2 is 2.30 bits per heavy atom. The van der Waals surface area contributed by atoms with Crippen LogP contribution in [-0.2, 0) is 23.1 Å². The molecule has 0 saturated carbocycles. The average Bonchev–Trinajstić information content (AvgIpc) is 2.81. The molecule has 0 aromatic carbocycles. The lowest BCUT2D eigenvalue weighted by Crippen LogP contribution is -2.45. The number of amides is 2. The van der Waals surface area contributed by atoms with Gasteiger partial charge in [-0.25, -0.2) is 9.59 Å². The summed E-state index contributed by atoms with van der Waals surface area (Å²) in [4.78, 5) is 22.6. The lowest BCUT2D eigenvalue weighted by molar-refractivity contribution is -0.139. The molecule has 8 heteroatoms. The van der Waals surface area contributed by atoms with Gasteiger partial charge in [0, 0.05) is 27.0 Å². The third-order valence-electron chi connectivity index (χ3n) is 2.64. The Bertz CT molecular complexity index is 446. The van der Waals surface area contributed by atoms with Crippen LogP contribution in [0.4, 0.5) is 4.79 Å². The number of aryl methyl sites for hydroxylation is 1. The SMILES string of the molecule is COCCCC(NC(=O)NCc1ccn(C)n1)C(=O)O. The molecule has 20 heavy (non-hydrogen) atoms. The Morgan fingerprint density at radius 1 is 1.55 bits per heavy atom. The first-order valence-corrected chi connectivity index (χ1v) is 6.27. The van der Waals surface area contributed by atoms with Crippen LogP contribution >= 0.6 is 0 Å². The molecule has 0 radical (unpaired) electrons. The van der Waals surface area contributed by atoms with Crippen LogP contribution in [0.3, 0.4) is 0 Å². The highest BCUT2D eigenvalue weighted by atomic mass is 16.5. The number of methoxy groups -OCH3 is 1. The van der Waals surface area contributed by atoms with Crippen molar-refractivity contribution < 1.29 is 19.4 Å². The molecule has 0 fully saturated rings. The molecule has 112 valence electrons. The van der Waals surface area contributed by atoms with Gasteiger partial charge in [0.1, 0.15) is 6.04 Å². The quantitative estimate of drug-likeness (QED) is 0.587. The third-order valence-corrected chi connectivity index (χ3v) is 2.64. The van der Waals surface area contributed by atoms with E-state index in [1.54, 1.807) is 31.1 Å². The number of nitrogens with one attached hydrogen (secondary N) is 2. The Morgan fingerprint density at radius 3 is 2.85 bits per heavy atom. The molecule has 1 rings (SSSR count). The van der Waals surface area contributed by atoms with E-state index in [0.29, 0.717) is 25.1 Å². The van der Waals surface area contributed by atoms with Crippen LogP contribution in [0.25, 0.3) is 0 Å². The molecule has 2 amide bonds. The summed E-state index contributed by atoms with van der Waals surface area (Å²) in [6, 6.07) is 0.322. The monoisotopic (exact) mass is 284 g/mol. The number of carbonyl (C=O) groups is 2. The number of rotatable bonds is 8. The molecule has 1 atom stereocenters. The minimum atomic E-state index is -1.06. The second kappa shape index (κ2) is 8.16. The van der Waals surface area contributed by atoms with E-state index >= 15 is 0 Å². The number of aliphatic carboxylic acids is 1. The predicted molar refractivity (Wildman–Crippen MR) is 71.1 cm³/mol. The summed E-state index contributed by atoms with van der Waals surface area (Å²) in [7, 11) is 3.32. The summed E-state index contributed by atoms with van der Waals surface area (Å²) in [5, 5.41) is 18.1. The normalized spacial score (nSPS) is 11.9. The van der Waals surface area contributed by atoms with Gasteiger partial charge in [0.2, 0.25) is 0 Å². The maximum absolute atomic E-state index is 11.6. The molecule has 0 aliphatic rings. The number of aromatic nitrogens is 2. The molecular weight excluding hydrogens is 264 g/mol. The zero-order valence-corrected chi connectivity index (χ0v) is 11.6. The Hall–Kier alpha value is -2.09. The first-order chi connectivity index (χ1) is 9.52. The smallest absolute Gasteiger partial charge is 0.326 e. The first-order valence-electron chi connectivity index (χ1n) is 6.27. The number of nitrogens with zero attached hydrogens (tertiary/aromatic N) is 2. The first kappa shape index (κ1) is 16.0. The number of ether oxygens (including phenoxy) is 1. The molecule has 1 aromatic rings. The van der Waals surface area contributed by atoms with Gasteiger partial charge in [-0.3, -0.25) is 4.68 Å². The van der Waals surface area contributed by atoms with Crippen molar-refractivity contribution in [3.05, 3.63) is 18.0 Å². The van der Waals surface area contributed by atoms with Crippen molar-refractivity contribution in [1.29, 1.82) is 0 Å². The van der Waals surface area contributed by atoms with Crippen molar-refractivity contribution in [1.82, 2.24) is 20.4 Å². The maximum Gasteiger partial charge on any atom is 0.326 e. The molecule has 0 aliphatic heterocycles. The van der Waals surface area contributed by atoms with Crippen molar-refractivity contribution in [2.24, 2.45) is 7.05 Å². The zero-order valence-electron chi connectivity index (χ0n) is 11.6.